The summed E-state index contributed by atoms with van der Waals surface area (Å²) < 4.78 is 2.04. The van der Waals surface area contributed by atoms with Crippen LogP contribution in [0.1, 0.15) is 17.0 Å². The maximum Gasteiger partial charge on any atom is 0.0406 e. The second kappa shape index (κ2) is 4.73. The van der Waals surface area contributed by atoms with Gasteiger partial charge < -0.3 is 10.3 Å². The Morgan fingerprint density at radius 1 is 1.19 bits per heavy atom. The van der Waals surface area contributed by atoms with Gasteiger partial charge >= 0.3 is 0 Å². The lowest BCUT2D eigenvalue weighted by molar-refractivity contribution is 0.811. The summed E-state index contributed by atoms with van der Waals surface area (Å²) in [6, 6.07) is 9.98. The van der Waals surface area contributed by atoms with Gasteiger partial charge in [-0.25, -0.2) is 0 Å². The first-order valence-corrected chi connectivity index (χ1v) is 5.66. The van der Waals surface area contributed by atoms with Crippen molar-refractivity contribution in [2.24, 2.45) is 12.8 Å². The van der Waals surface area contributed by atoms with Crippen LogP contribution in [-0.4, -0.2) is 11.1 Å². The van der Waals surface area contributed by atoms with Crippen LogP contribution in [0.4, 0.5) is 0 Å². The molecule has 2 aromatic rings. The summed E-state index contributed by atoms with van der Waals surface area (Å²) in [5.74, 6) is 0.249. The van der Waals surface area contributed by atoms with Gasteiger partial charge in [-0.3, -0.25) is 0 Å². The number of nitrogens with two attached hydrogens (primary N) is 1. The summed E-state index contributed by atoms with van der Waals surface area (Å²) in [7, 11) is 2.01. The Balaban J connectivity index is 2.32. The zero-order valence-corrected chi connectivity index (χ0v) is 9.98. The number of aryl methyl sites for hydroxylation is 1. The molecule has 0 aliphatic carbocycles. The van der Waals surface area contributed by atoms with Gasteiger partial charge in [0.25, 0.3) is 0 Å². The summed E-state index contributed by atoms with van der Waals surface area (Å²) >= 11 is 5.87. The zero-order valence-electron chi connectivity index (χ0n) is 9.23. The van der Waals surface area contributed by atoms with Crippen molar-refractivity contribution in [1.82, 2.24) is 4.57 Å². The van der Waals surface area contributed by atoms with E-state index in [4.69, 9.17) is 17.3 Å². The molecule has 0 saturated heterocycles. The van der Waals surface area contributed by atoms with Crippen LogP contribution in [0.25, 0.3) is 0 Å². The van der Waals surface area contributed by atoms with Crippen molar-refractivity contribution < 1.29 is 0 Å². The summed E-state index contributed by atoms with van der Waals surface area (Å²) in [5.41, 5.74) is 8.29. The van der Waals surface area contributed by atoms with Gasteiger partial charge in [0.15, 0.2) is 0 Å². The van der Waals surface area contributed by atoms with Crippen LogP contribution in [-0.2, 0) is 7.05 Å². The maximum absolute atomic E-state index is 5.87. The molecule has 1 heterocycles. The Kier molecular flexibility index (Phi) is 3.32. The Hall–Kier alpha value is -1.25. The Bertz CT molecular complexity index is 459. The van der Waals surface area contributed by atoms with Gasteiger partial charge in [0, 0.05) is 36.9 Å². The Labute approximate surface area is 101 Å². The third-order valence-electron chi connectivity index (χ3n) is 2.77. The lowest BCUT2D eigenvalue weighted by Gasteiger charge is -2.13. The van der Waals surface area contributed by atoms with Crippen LogP contribution in [0.3, 0.4) is 0 Å². The van der Waals surface area contributed by atoms with Gasteiger partial charge in [0.1, 0.15) is 0 Å². The van der Waals surface area contributed by atoms with Crippen LogP contribution in [0, 0.1) is 0 Å². The standard InChI is InChI=1S/C13H15ClN2/c1-16-7-6-11(9-16)13(8-15)10-2-4-12(14)5-3-10/h2-7,9,13H,8,15H2,1H3. The largest absolute Gasteiger partial charge is 0.357 e. The van der Waals surface area contributed by atoms with E-state index in [-0.39, 0.29) is 5.92 Å². The highest BCUT2D eigenvalue weighted by Crippen LogP contribution is 2.24. The Morgan fingerprint density at radius 2 is 1.88 bits per heavy atom. The van der Waals surface area contributed by atoms with Crippen LogP contribution in [0.15, 0.2) is 42.7 Å². The second-order valence-corrected chi connectivity index (χ2v) is 4.39. The summed E-state index contributed by atoms with van der Waals surface area (Å²) in [5, 5.41) is 0.757. The molecule has 2 nitrogen and oxygen atoms in total. The van der Waals surface area contributed by atoms with Gasteiger partial charge in [-0.15, -0.1) is 0 Å². The highest BCUT2D eigenvalue weighted by molar-refractivity contribution is 6.30. The molecule has 0 amide bonds. The van der Waals surface area contributed by atoms with Crippen molar-refractivity contribution in [3.05, 3.63) is 58.9 Å². The van der Waals surface area contributed by atoms with E-state index in [1.165, 1.54) is 11.1 Å². The predicted molar refractivity (Wildman–Crippen MR) is 67.8 cm³/mol. The normalized spacial score (nSPS) is 12.7. The minimum atomic E-state index is 0.249. The predicted octanol–water partition coefficient (Wildman–Crippen LogP) is 2.77. The van der Waals surface area contributed by atoms with Crippen LogP contribution in [0.5, 0.6) is 0 Å². The summed E-state index contributed by atoms with van der Waals surface area (Å²) in [6.07, 6.45) is 4.14. The molecule has 2 N–H and O–H groups in total. The van der Waals surface area contributed by atoms with Crippen molar-refractivity contribution in [3.8, 4) is 0 Å². The number of aromatic nitrogens is 1. The maximum atomic E-state index is 5.87. The van der Waals surface area contributed by atoms with Crippen molar-refractivity contribution in [3.63, 3.8) is 0 Å². The molecule has 84 valence electrons. The molecule has 1 unspecified atom stereocenters. The van der Waals surface area contributed by atoms with E-state index < -0.39 is 0 Å². The molecule has 1 aromatic carbocycles. The third-order valence-corrected chi connectivity index (χ3v) is 3.02. The second-order valence-electron chi connectivity index (χ2n) is 3.95. The number of nitrogens with zero attached hydrogens (tertiary/aromatic N) is 1. The van der Waals surface area contributed by atoms with E-state index in [1.807, 2.05) is 42.1 Å². The number of rotatable bonds is 3. The molecule has 3 heteroatoms. The lowest BCUT2D eigenvalue weighted by atomic mass is 9.93. The molecule has 0 fully saturated rings. The van der Waals surface area contributed by atoms with E-state index in [0.717, 1.165) is 5.02 Å². The van der Waals surface area contributed by atoms with Crippen LogP contribution < -0.4 is 5.73 Å². The first-order chi connectivity index (χ1) is 7.70. The van der Waals surface area contributed by atoms with Gasteiger partial charge in [-0.2, -0.15) is 0 Å². The molecule has 0 saturated carbocycles. The number of hydrogen-bond acceptors (Lipinski definition) is 1. The SMILES string of the molecule is Cn1ccc(C(CN)c2ccc(Cl)cc2)c1. The topological polar surface area (TPSA) is 30.9 Å². The van der Waals surface area contributed by atoms with Crippen molar-refractivity contribution >= 4 is 11.6 Å². The van der Waals surface area contributed by atoms with Crippen LogP contribution >= 0.6 is 11.6 Å². The van der Waals surface area contributed by atoms with Gasteiger partial charge in [-0.1, -0.05) is 23.7 Å². The number of benzene rings is 1. The Morgan fingerprint density at radius 3 is 2.38 bits per heavy atom. The van der Waals surface area contributed by atoms with E-state index >= 15 is 0 Å². The summed E-state index contributed by atoms with van der Waals surface area (Å²) in [4.78, 5) is 0. The average molecular weight is 235 g/mol. The fraction of sp³-hybridized carbons (Fsp3) is 0.231. The zero-order chi connectivity index (χ0) is 11.5. The first kappa shape index (κ1) is 11.2. The van der Waals surface area contributed by atoms with Gasteiger partial charge in [0.2, 0.25) is 0 Å². The van der Waals surface area contributed by atoms with E-state index in [2.05, 4.69) is 12.3 Å². The van der Waals surface area contributed by atoms with Gasteiger partial charge in [-0.05, 0) is 29.3 Å². The molecule has 0 radical (unpaired) electrons. The molecular formula is C13H15ClN2. The van der Waals surface area contributed by atoms with E-state index in [0.29, 0.717) is 6.54 Å². The lowest BCUT2D eigenvalue weighted by Crippen LogP contribution is -2.13. The molecule has 0 aliphatic heterocycles. The number of hydrogen-bond donors (Lipinski definition) is 1. The number of halogens is 1. The first-order valence-electron chi connectivity index (χ1n) is 5.28. The molecule has 0 spiro atoms. The molecule has 16 heavy (non-hydrogen) atoms. The highest BCUT2D eigenvalue weighted by atomic mass is 35.5. The minimum Gasteiger partial charge on any atom is -0.357 e. The highest BCUT2D eigenvalue weighted by Gasteiger charge is 2.12. The minimum absolute atomic E-state index is 0.249. The third kappa shape index (κ3) is 2.29. The quantitative estimate of drug-likeness (QED) is 0.870. The van der Waals surface area contributed by atoms with Crippen LogP contribution in [0.2, 0.25) is 5.02 Å². The fourth-order valence-corrected chi connectivity index (χ4v) is 2.02. The molecule has 0 aliphatic rings. The smallest absolute Gasteiger partial charge is 0.0406 e. The fourth-order valence-electron chi connectivity index (χ4n) is 1.89. The van der Waals surface area contributed by atoms with E-state index in [9.17, 15) is 0 Å². The molecule has 0 bridgehead atoms. The monoisotopic (exact) mass is 234 g/mol. The van der Waals surface area contributed by atoms with Crippen molar-refractivity contribution in [2.45, 2.75) is 5.92 Å². The van der Waals surface area contributed by atoms with E-state index in [1.54, 1.807) is 0 Å². The molecule has 1 aromatic heterocycles. The van der Waals surface area contributed by atoms with Crippen molar-refractivity contribution in [2.75, 3.05) is 6.54 Å². The molecular weight excluding hydrogens is 220 g/mol. The van der Waals surface area contributed by atoms with Gasteiger partial charge in [0.05, 0.1) is 0 Å². The average Bonchev–Trinajstić information content (AvgIpc) is 2.69. The summed E-state index contributed by atoms with van der Waals surface area (Å²) in [6.45, 7) is 0.603. The molecule has 1 atom stereocenters. The van der Waals surface area contributed by atoms with Crippen molar-refractivity contribution in [1.29, 1.82) is 0 Å². The molecule has 2 rings (SSSR count).